The second kappa shape index (κ2) is 8.05. The first kappa shape index (κ1) is 21.2. The Hall–Kier alpha value is -2.63. The van der Waals surface area contributed by atoms with Crippen LogP contribution in [0.3, 0.4) is 0 Å². The molecule has 1 saturated carbocycles. The van der Waals surface area contributed by atoms with Gasteiger partial charge in [0.1, 0.15) is 12.4 Å². The first-order valence-electron chi connectivity index (χ1n) is 12.1. The fourth-order valence-corrected chi connectivity index (χ4v) is 7.02. The molecule has 1 aliphatic carbocycles. The summed E-state index contributed by atoms with van der Waals surface area (Å²) in [6.45, 7) is 6.42. The van der Waals surface area contributed by atoms with Crippen LogP contribution in [0.5, 0.6) is 0 Å². The number of amides is 2. The van der Waals surface area contributed by atoms with Crippen LogP contribution < -0.4 is 0 Å². The molecule has 1 aromatic heterocycles. The van der Waals surface area contributed by atoms with Gasteiger partial charge >= 0.3 is 0 Å². The standard InChI is InChI=1S/C26H34N4O2/c1-4-24-27-13-14-28(24)17-25(32)30-20(15-19-9-6-5-7-10-19)21-16-26(3)22(29(21)18(2)31)11-8-12-23(26)30/h5-7,9-10,13-14,20-23H,4,8,11-12,15-17H2,1-3H3/t20-,21-,22-,23+,26-/m0/s1. The summed E-state index contributed by atoms with van der Waals surface area (Å²) in [5, 5.41) is 0. The lowest BCUT2D eigenvalue weighted by molar-refractivity contribution is -0.146. The molecule has 6 nitrogen and oxygen atoms in total. The van der Waals surface area contributed by atoms with Crippen LogP contribution in [0.15, 0.2) is 42.7 Å². The highest BCUT2D eigenvalue weighted by atomic mass is 16.2. The summed E-state index contributed by atoms with van der Waals surface area (Å²) in [6.07, 6.45) is 9.40. The van der Waals surface area contributed by atoms with Crippen molar-refractivity contribution in [1.29, 1.82) is 0 Å². The van der Waals surface area contributed by atoms with Crippen LogP contribution in [0.4, 0.5) is 0 Å². The van der Waals surface area contributed by atoms with E-state index in [0.29, 0.717) is 6.54 Å². The third-order valence-electron chi connectivity index (χ3n) is 8.32. The molecule has 5 atom stereocenters. The topological polar surface area (TPSA) is 58.4 Å². The quantitative estimate of drug-likeness (QED) is 0.724. The first-order valence-corrected chi connectivity index (χ1v) is 12.1. The van der Waals surface area contributed by atoms with Gasteiger partial charge in [-0.25, -0.2) is 4.98 Å². The Morgan fingerprint density at radius 3 is 2.53 bits per heavy atom. The van der Waals surface area contributed by atoms with Gasteiger partial charge in [0.15, 0.2) is 0 Å². The molecule has 0 unspecified atom stereocenters. The summed E-state index contributed by atoms with van der Waals surface area (Å²) in [5.74, 6) is 1.25. The average molecular weight is 435 g/mol. The number of aryl methyl sites for hydroxylation is 1. The smallest absolute Gasteiger partial charge is 0.243 e. The molecule has 2 amide bonds. The lowest BCUT2D eigenvalue weighted by atomic mass is 9.64. The number of hydrogen-bond donors (Lipinski definition) is 0. The highest BCUT2D eigenvalue weighted by molar-refractivity contribution is 5.79. The molecule has 2 bridgehead atoms. The third kappa shape index (κ3) is 3.26. The molecular formula is C26H34N4O2. The van der Waals surface area contributed by atoms with E-state index >= 15 is 0 Å². The van der Waals surface area contributed by atoms with Crippen LogP contribution in [-0.4, -0.2) is 55.3 Å². The van der Waals surface area contributed by atoms with Crippen molar-refractivity contribution in [2.24, 2.45) is 5.41 Å². The summed E-state index contributed by atoms with van der Waals surface area (Å²) < 4.78 is 1.99. The number of likely N-dealkylation sites (tertiary alicyclic amines) is 2. The molecule has 5 rings (SSSR count). The highest BCUT2D eigenvalue weighted by Gasteiger charge is 2.64. The van der Waals surface area contributed by atoms with E-state index in [2.05, 4.69) is 52.9 Å². The number of hydrogen-bond acceptors (Lipinski definition) is 3. The normalized spacial score (nSPS) is 31.1. The maximum absolute atomic E-state index is 13.9. The number of nitrogens with zero attached hydrogens (tertiary/aromatic N) is 4. The van der Waals surface area contributed by atoms with Gasteiger partial charge in [-0.1, -0.05) is 44.2 Å². The van der Waals surface area contributed by atoms with Crippen LogP contribution in [0.2, 0.25) is 0 Å². The van der Waals surface area contributed by atoms with E-state index in [-0.39, 0.29) is 41.4 Å². The van der Waals surface area contributed by atoms with Crippen molar-refractivity contribution in [2.75, 3.05) is 0 Å². The first-order chi connectivity index (χ1) is 15.4. The molecule has 0 spiro atoms. The van der Waals surface area contributed by atoms with Crippen LogP contribution in [0.25, 0.3) is 0 Å². The molecule has 170 valence electrons. The number of imidazole rings is 1. The molecule has 6 heteroatoms. The zero-order valence-corrected chi connectivity index (χ0v) is 19.4. The number of piperidine rings is 1. The molecule has 2 aromatic rings. The van der Waals surface area contributed by atoms with Crippen molar-refractivity contribution >= 4 is 11.8 Å². The Kier molecular flexibility index (Phi) is 5.34. The minimum absolute atomic E-state index is 0.00331. The monoisotopic (exact) mass is 434 g/mol. The van der Waals surface area contributed by atoms with Crippen molar-refractivity contribution in [1.82, 2.24) is 19.4 Å². The van der Waals surface area contributed by atoms with Gasteiger partial charge in [0.25, 0.3) is 0 Å². The number of benzene rings is 1. The minimum Gasteiger partial charge on any atom is -0.334 e. The molecule has 32 heavy (non-hydrogen) atoms. The molecule has 3 heterocycles. The van der Waals surface area contributed by atoms with Gasteiger partial charge in [-0.3, -0.25) is 9.59 Å². The largest absolute Gasteiger partial charge is 0.334 e. The second-order valence-electron chi connectivity index (χ2n) is 10.0. The van der Waals surface area contributed by atoms with E-state index in [1.165, 1.54) is 5.56 Å². The van der Waals surface area contributed by atoms with E-state index in [1.54, 1.807) is 13.1 Å². The van der Waals surface area contributed by atoms with Crippen molar-refractivity contribution in [3.05, 3.63) is 54.1 Å². The lowest BCUT2D eigenvalue weighted by Crippen LogP contribution is -2.63. The Labute approximate surface area is 190 Å². The highest BCUT2D eigenvalue weighted by Crippen LogP contribution is 2.56. The van der Waals surface area contributed by atoms with Crippen molar-refractivity contribution in [2.45, 2.75) is 90.0 Å². The third-order valence-corrected chi connectivity index (χ3v) is 8.32. The van der Waals surface area contributed by atoms with Gasteiger partial charge in [-0.15, -0.1) is 0 Å². The molecule has 1 aromatic carbocycles. The summed E-state index contributed by atoms with van der Waals surface area (Å²) in [4.78, 5) is 35.6. The van der Waals surface area contributed by atoms with Gasteiger partial charge in [-0.05, 0) is 37.7 Å². The molecule has 2 saturated heterocycles. The Balaban J connectivity index is 1.55. The molecule has 0 radical (unpaired) electrons. The maximum Gasteiger partial charge on any atom is 0.243 e. The molecule has 2 aliphatic heterocycles. The predicted octanol–water partition coefficient (Wildman–Crippen LogP) is 3.45. The maximum atomic E-state index is 13.9. The molecule has 0 N–H and O–H groups in total. The lowest BCUT2D eigenvalue weighted by Gasteiger charge is -2.53. The van der Waals surface area contributed by atoms with Gasteiger partial charge in [-0.2, -0.15) is 0 Å². The van der Waals surface area contributed by atoms with E-state index in [9.17, 15) is 9.59 Å². The second-order valence-corrected chi connectivity index (χ2v) is 10.0. The van der Waals surface area contributed by atoms with Crippen molar-refractivity contribution < 1.29 is 9.59 Å². The van der Waals surface area contributed by atoms with Crippen molar-refractivity contribution in [3.63, 3.8) is 0 Å². The summed E-state index contributed by atoms with van der Waals surface area (Å²) in [5.41, 5.74) is 1.20. The van der Waals surface area contributed by atoms with Crippen LogP contribution in [-0.2, 0) is 29.0 Å². The van der Waals surface area contributed by atoms with Crippen molar-refractivity contribution in [3.8, 4) is 0 Å². The molecule has 3 aliphatic rings. The van der Waals surface area contributed by atoms with Crippen LogP contribution in [0, 0.1) is 5.41 Å². The fourth-order valence-electron chi connectivity index (χ4n) is 7.02. The van der Waals surface area contributed by atoms with Crippen LogP contribution in [0.1, 0.15) is 57.8 Å². The SMILES string of the molecule is CCc1nccn1CC(=O)N1[C@@H](Cc2ccccc2)[C@@H]2C[C@@]3(C)[C@H](CCC[C@@H]13)N2C(C)=O. The van der Waals surface area contributed by atoms with Crippen LogP contribution >= 0.6 is 0 Å². The number of fused-ring (bicyclic) bond motifs is 1. The van der Waals surface area contributed by atoms with Gasteiger partial charge < -0.3 is 14.4 Å². The average Bonchev–Trinajstić information content (AvgIpc) is 3.35. The number of rotatable bonds is 5. The Morgan fingerprint density at radius 1 is 1.12 bits per heavy atom. The van der Waals surface area contributed by atoms with E-state index < -0.39 is 0 Å². The van der Waals surface area contributed by atoms with E-state index in [0.717, 1.165) is 44.3 Å². The zero-order chi connectivity index (χ0) is 22.5. The Bertz CT molecular complexity index is 1000. The number of carbonyl (C=O) groups excluding carboxylic acids is 2. The van der Waals surface area contributed by atoms with E-state index in [4.69, 9.17) is 0 Å². The van der Waals surface area contributed by atoms with Gasteiger partial charge in [0, 0.05) is 43.2 Å². The minimum atomic E-state index is -0.0278. The fraction of sp³-hybridized carbons (Fsp3) is 0.577. The predicted molar refractivity (Wildman–Crippen MR) is 123 cm³/mol. The summed E-state index contributed by atoms with van der Waals surface area (Å²) in [6, 6.07) is 10.9. The van der Waals surface area contributed by atoms with Gasteiger partial charge in [0.2, 0.25) is 11.8 Å². The molecule has 3 fully saturated rings. The summed E-state index contributed by atoms with van der Waals surface area (Å²) >= 11 is 0. The molecular weight excluding hydrogens is 400 g/mol. The Morgan fingerprint density at radius 2 is 1.84 bits per heavy atom. The number of aromatic nitrogens is 2. The van der Waals surface area contributed by atoms with Gasteiger partial charge in [0.05, 0.1) is 12.1 Å². The summed E-state index contributed by atoms with van der Waals surface area (Å²) in [7, 11) is 0. The zero-order valence-electron chi connectivity index (χ0n) is 19.4. The van der Waals surface area contributed by atoms with E-state index in [1.807, 2.05) is 16.8 Å². The number of carbonyl (C=O) groups is 2.